The lowest BCUT2D eigenvalue weighted by molar-refractivity contribution is -0.0734. The molecular weight excluding hydrogens is 594 g/mol. The van der Waals surface area contributed by atoms with Gasteiger partial charge in [0.15, 0.2) is 0 Å². The van der Waals surface area contributed by atoms with Gasteiger partial charge in [0.1, 0.15) is 22.0 Å². The third kappa shape index (κ3) is 3.81. The van der Waals surface area contributed by atoms with Crippen molar-refractivity contribution in [3.8, 4) is 5.75 Å². The zero-order chi connectivity index (χ0) is 23.2. The average Bonchev–Trinajstić information content (AvgIpc) is 3.12. The molecule has 1 fully saturated rings. The number of nitrogens with one attached hydrogen (secondary N) is 1. The summed E-state index contributed by atoms with van der Waals surface area (Å²) in [6, 6.07) is 7.83. The summed E-state index contributed by atoms with van der Waals surface area (Å²) in [4.78, 5) is 24.6. The fourth-order valence-corrected chi connectivity index (χ4v) is 5.27. The second-order valence-corrected chi connectivity index (χ2v) is 9.09. The van der Waals surface area contributed by atoms with E-state index in [9.17, 15) is 14.7 Å². The van der Waals surface area contributed by atoms with Crippen LogP contribution in [0.3, 0.4) is 0 Å². The van der Waals surface area contributed by atoms with E-state index in [1.807, 2.05) is 0 Å². The Hall–Kier alpha value is -1.72. The summed E-state index contributed by atoms with van der Waals surface area (Å²) in [7, 11) is 1.49. The summed E-state index contributed by atoms with van der Waals surface area (Å²) in [5, 5.41) is 13.6. The number of aromatic carboxylic acids is 1. The fourth-order valence-electron chi connectivity index (χ4n) is 3.69. The monoisotopic (exact) mass is 608 g/mol. The highest BCUT2D eigenvalue weighted by Gasteiger charge is 2.44. The highest BCUT2D eigenvalue weighted by Crippen LogP contribution is 2.41. The first-order valence-corrected chi connectivity index (χ1v) is 11.9. The number of benzene rings is 2. The zero-order valence-electron chi connectivity index (χ0n) is 16.5. The lowest BCUT2D eigenvalue weighted by atomic mass is 9.87. The summed E-state index contributed by atoms with van der Waals surface area (Å²) in [5.74, 6) is -1.03. The second-order valence-electron chi connectivity index (χ2n) is 7.25. The summed E-state index contributed by atoms with van der Waals surface area (Å²) >= 11 is 21.3. The maximum Gasteiger partial charge on any atom is 0.335 e. The summed E-state index contributed by atoms with van der Waals surface area (Å²) in [6.45, 7) is 0.408. The Bertz CT molecular complexity index is 1260. The van der Waals surface area contributed by atoms with Gasteiger partial charge in [0.05, 0.1) is 41.0 Å². The number of carboxylic acid groups (broad SMARTS) is 1. The number of aromatic nitrogens is 1. The Labute approximate surface area is 211 Å². The van der Waals surface area contributed by atoms with Crippen LogP contribution in [0.15, 0.2) is 30.3 Å². The van der Waals surface area contributed by atoms with E-state index >= 15 is 0 Å². The average molecular weight is 610 g/mol. The lowest BCUT2D eigenvalue weighted by Crippen LogP contribution is -2.59. The topological polar surface area (TPSA) is 89.8 Å². The smallest absolute Gasteiger partial charge is 0.335 e. The van der Waals surface area contributed by atoms with Crippen molar-refractivity contribution in [1.82, 2.24) is 9.88 Å². The summed E-state index contributed by atoms with van der Waals surface area (Å²) in [6.07, 6.45) is 0. The van der Waals surface area contributed by atoms with Gasteiger partial charge in [-0.2, -0.15) is 0 Å². The van der Waals surface area contributed by atoms with Crippen molar-refractivity contribution in [2.75, 3.05) is 20.3 Å². The molecule has 2 heterocycles. The van der Waals surface area contributed by atoms with Gasteiger partial charge in [-0.05, 0) is 18.2 Å². The van der Waals surface area contributed by atoms with Gasteiger partial charge in [0, 0.05) is 22.0 Å². The number of alkyl halides is 1. The number of hydrogen-bond donors (Lipinski definition) is 2. The number of methoxy groups -OCH3 is 1. The van der Waals surface area contributed by atoms with Crippen LogP contribution in [0.25, 0.3) is 10.9 Å². The van der Waals surface area contributed by atoms with E-state index < -0.39 is 11.5 Å². The summed E-state index contributed by atoms with van der Waals surface area (Å²) in [5.41, 5.74) is 0.856. The number of carbonyl (C=O) groups is 2. The van der Waals surface area contributed by atoms with Crippen LogP contribution in [0.1, 0.15) is 26.4 Å². The lowest BCUT2D eigenvalue weighted by Gasteiger charge is -2.43. The van der Waals surface area contributed by atoms with Crippen molar-refractivity contribution in [3.05, 3.63) is 62.2 Å². The van der Waals surface area contributed by atoms with E-state index in [-0.39, 0.29) is 34.7 Å². The van der Waals surface area contributed by atoms with E-state index in [4.69, 9.17) is 44.3 Å². The minimum absolute atomic E-state index is 0.0611. The quantitative estimate of drug-likeness (QED) is 0.290. The molecule has 1 amide bonds. The number of ether oxygens (including phenoxy) is 2. The first kappa shape index (κ1) is 23.4. The molecule has 1 aliphatic heterocycles. The molecule has 1 saturated heterocycles. The van der Waals surface area contributed by atoms with Crippen LogP contribution in [0, 0.1) is 0 Å². The molecule has 0 atom stereocenters. The molecule has 0 radical (unpaired) electrons. The van der Waals surface area contributed by atoms with E-state index in [0.29, 0.717) is 37.5 Å². The minimum Gasteiger partial charge on any atom is -0.495 e. The van der Waals surface area contributed by atoms with Gasteiger partial charge in [-0.15, -0.1) is 0 Å². The van der Waals surface area contributed by atoms with Gasteiger partial charge in [0.2, 0.25) is 0 Å². The standard InChI is InChI=1S/C21H16Cl3IN2O5/c1-31-16-6-14-11(17(23)18(16)24)5-15(27(14)9-25)19(28)26-21(7-32-8-21)12-3-2-10(20(29)30)4-13(12)22/h2-6H,7-9H2,1H3,(H,26,28)(H,29,30). The highest BCUT2D eigenvalue weighted by atomic mass is 127. The van der Waals surface area contributed by atoms with Gasteiger partial charge in [-0.3, -0.25) is 4.79 Å². The maximum absolute atomic E-state index is 13.4. The molecule has 1 aromatic heterocycles. The van der Waals surface area contributed by atoms with Crippen LogP contribution in [0.5, 0.6) is 5.75 Å². The Morgan fingerprint density at radius 2 is 1.94 bits per heavy atom. The van der Waals surface area contributed by atoms with Crippen molar-refractivity contribution in [2.24, 2.45) is 0 Å². The molecular formula is C21H16Cl3IN2O5. The van der Waals surface area contributed by atoms with Crippen LogP contribution in [0.2, 0.25) is 15.1 Å². The maximum atomic E-state index is 13.4. The number of hydrogen-bond acceptors (Lipinski definition) is 4. The Kier molecular flexibility index (Phi) is 6.52. The number of rotatable bonds is 6. The number of halogens is 4. The van der Waals surface area contributed by atoms with E-state index in [2.05, 4.69) is 27.9 Å². The van der Waals surface area contributed by atoms with Gasteiger partial charge in [-0.1, -0.05) is 63.5 Å². The molecule has 0 spiro atoms. The number of fused-ring (bicyclic) bond motifs is 1. The van der Waals surface area contributed by atoms with Crippen LogP contribution in [0.4, 0.5) is 0 Å². The van der Waals surface area contributed by atoms with Crippen LogP contribution in [-0.4, -0.2) is 41.9 Å². The predicted molar refractivity (Wildman–Crippen MR) is 131 cm³/mol. The minimum atomic E-state index is -1.08. The Balaban J connectivity index is 1.75. The van der Waals surface area contributed by atoms with Crippen molar-refractivity contribution in [1.29, 1.82) is 0 Å². The largest absolute Gasteiger partial charge is 0.495 e. The third-order valence-electron chi connectivity index (χ3n) is 5.41. The second kappa shape index (κ2) is 8.90. The third-order valence-corrected chi connectivity index (χ3v) is 7.26. The molecule has 4 rings (SSSR count). The first-order chi connectivity index (χ1) is 15.2. The number of carbonyl (C=O) groups excluding carboxylic acids is 1. The van der Waals surface area contributed by atoms with Crippen molar-refractivity contribution in [2.45, 2.75) is 10.1 Å². The van der Waals surface area contributed by atoms with E-state index in [1.165, 1.54) is 19.2 Å². The molecule has 0 bridgehead atoms. The van der Waals surface area contributed by atoms with E-state index in [1.54, 1.807) is 22.8 Å². The van der Waals surface area contributed by atoms with E-state index in [0.717, 1.165) is 0 Å². The summed E-state index contributed by atoms with van der Waals surface area (Å²) < 4.78 is 13.0. The predicted octanol–water partition coefficient (Wildman–Crippen LogP) is 5.36. The molecule has 7 nitrogen and oxygen atoms in total. The number of amides is 1. The fraction of sp³-hybridized carbons (Fsp3) is 0.238. The molecule has 3 aromatic rings. The number of carboxylic acids is 1. The molecule has 11 heteroatoms. The molecule has 2 aromatic carbocycles. The highest BCUT2D eigenvalue weighted by molar-refractivity contribution is 14.1. The molecule has 1 aliphatic rings. The number of nitrogens with zero attached hydrogens (tertiary/aromatic N) is 1. The van der Waals surface area contributed by atoms with Gasteiger partial charge < -0.3 is 24.5 Å². The SMILES string of the molecule is COc1cc2c(cc(C(=O)NC3(c4ccc(C(=O)O)cc4Cl)COC3)n2CI)c(Cl)c1Cl. The molecule has 0 unspecified atom stereocenters. The van der Waals surface area contributed by atoms with Crippen molar-refractivity contribution in [3.63, 3.8) is 0 Å². The normalized spacial score (nSPS) is 14.8. The van der Waals surface area contributed by atoms with Crippen LogP contribution >= 0.6 is 57.4 Å². The molecule has 0 aliphatic carbocycles. The van der Waals surface area contributed by atoms with Crippen LogP contribution < -0.4 is 10.1 Å². The molecule has 32 heavy (non-hydrogen) atoms. The van der Waals surface area contributed by atoms with Gasteiger partial charge in [-0.25, -0.2) is 4.79 Å². The first-order valence-electron chi connectivity index (χ1n) is 9.27. The Morgan fingerprint density at radius 1 is 1.22 bits per heavy atom. The van der Waals surface area contributed by atoms with Gasteiger partial charge in [0.25, 0.3) is 5.91 Å². The van der Waals surface area contributed by atoms with Gasteiger partial charge >= 0.3 is 5.97 Å². The van der Waals surface area contributed by atoms with Crippen LogP contribution in [-0.2, 0) is 14.8 Å². The van der Waals surface area contributed by atoms with Crippen molar-refractivity contribution < 1.29 is 24.2 Å². The Morgan fingerprint density at radius 3 is 2.47 bits per heavy atom. The molecule has 168 valence electrons. The molecule has 2 N–H and O–H groups in total. The molecule has 0 saturated carbocycles. The zero-order valence-corrected chi connectivity index (χ0v) is 21.0. The van der Waals surface area contributed by atoms with Crippen molar-refractivity contribution >= 4 is 80.2 Å².